The number of carbonyl (C=O) groups excluding carboxylic acids is 1. The molecule has 0 saturated carbocycles. The summed E-state index contributed by atoms with van der Waals surface area (Å²) in [4.78, 5) is 11.4. The van der Waals surface area contributed by atoms with Gasteiger partial charge in [0.15, 0.2) is 6.23 Å². The Morgan fingerprint density at radius 3 is 2.54 bits per heavy atom. The number of esters is 1. The number of carbonyl (C=O) groups is 1. The predicted octanol–water partition coefficient (Wildman–Crippen LogP) is 1.29. The van der Waals surface area contributed by atoms with Gasteiger partial charge in [0.05, 0.1) is 5.56 Å². The van der Waals surface area contributed by atoms with Gasteiger partial charge in [0.1, 0.15) is 0 Å². The fourth-order valence-corrected chi connectivity index (χ4v) is 1.01. The van der Waals surface area contributed by atoms with Crippen molar-refractivity contribution < 1.29 is 9.53 Å². The van der Waals surface area contributed by atoms with Crippen molar-refractivity contribution in [1.82, 2.24) is 5.32 Å². The van der Waals surface area contributed by atoms with E-state index in [2.05, 4.69) is 5.32 Å². The van der Waals surface area contributed by atoms with E-state index in [9.17, 15) is 4.79 Å². The molecule has 1 atom stereocenters. The van der Waals surface area contributed by atoms with Gasteiger partial charge >= 0.3 is 5.97 Å². The maximum Gasteiger partial charge on any atom is 0.340 e. The average Bonchev–Trinajstić information content (AvgIpc) is 2.12. The molecule has 0 amide bonds. The Balaban J connectivity index is 2.01. The van der Waals surface area contributed by atoms with Crippen LogP contribution in [-0.2, 0) is 4.74 Å². The summed E-state index contributed by atoms with van der Waals surface area (Å²) in [5.74, 6) is -0.303. The topological polar surface area (TPSA) is 38.3 Å². The maximum absolute atomic E-state index is 11.4. The van der Waals surface area contributed by atoms with E-state index in [4.69, 9.17) is 4.74 Å². The molecule has 1 aliphatic rings. The lowest BCUT2D eigenvalue weighted by atomic mass is 10.2. The summed E-state index contributed by atoms with van der Waals surface area (Å²) in [6.45, 7) is 0. The van der Waals surface area contributed by atoms with Crippen LogP contribution in [0.25, 0.3) is 0 Å². The van der Waals surface area contributed by atoms with Gasteiger partial charge in [-0.25, -0.2) is 4.79 Å². The molecule has 0 aliphatic carbocycles. The Morgan fingerprint density at radius 2 is 2.00 bits per heavy atom. The van der Waals surface area contributed by atoms with E-state index in [1.807, 2.05) is 6.07 Å². The molecule has 1 aliphatic heterocycles. The molecule has 1 aromatic rings. The van der Waals surface area contributed by atoms with Crippen LogP contribution in [0, 0.1) is 0 Å². The molecule has 3 heteroatoms. The van der Waals surface area contributed by atoms with Crippen molar-refractivity contribution in [2.75, 3.05) is 0 Å². The van der Waals surface area contributed by atoms with Crippen LogP contribution in [0.2, 0.25) is 0 Å². The van der Waals surface area contributed by atoms with E-state index < -0.39 is 0 Å². The fraction of sp³-hybridized carbons (Fsp3) is 0.100. The first kappa shape index (κ1) is 7.86. The normalized spacial score (nSPS) is 18.6. The second kappa shape index (κ2) is 3.31. The van der Waals surface area contributed by atoms with Crippen molar-refractivity contribution in [3.05, 3.63) is 48.2 Å². The minimum absolute atomic E-state index is 0.257. The number of ether oxygens (including phenoxy) is 1. The summed E-state index contributed by atoms with van der Waals surface area (Å²) in [7, 11) is 0. The molecule has 0 spiro atoms. The molecule has 66 valence electrons. The predicted molar refractivity (Wildman–Crippen MR) is 47.9 cm³/mol. The number of hydrogen-bond donors (Lipinski definition) is 1. The molecule has 1 aromatic carbocycles. The zero-order valence-corrected chi connectivity index (χ0v) is 6.94. The van der Waals surface area contributed by atoms with Crippen molar-refractivity contribution in [3.63, 3.8) is 0 Å². The van der Waals surface area contributed by atoms with Gasteiger partial charge in [-0.1, -0.05) is 18.2 Å². The molecule has 0 radical (unpaired) electrons. The molecule has 3 nitrogen and oxygen atoms in total. The molecular weight excluding hydrogens is 166 g/mol. The van der Waals surface area contributed by atoms with Gasteiger partial charge in [0.2, 0.25) is 0 Å². The molecular formula is C10H9NO2. The lowest BCUT2D eigenvalue weighted by molar-refractivity contribution is 0.0321. The molecule has 0 bridgehead atoms. The van der Waals surface area contributed by atoms with E-state index in [0.29, 0.717) is 5.56 Å². The largest absolute Gasteiger partial charge is 0.434 e. The SMILES string of the molecule is O=C(OC1C=CN1)c1ccccc1. The lowest BCUT2D eigenvalue weighted by Crippen LogP contribution is -2.34. The molecule has 0 aromatic heterocycles. The molecule has 2 rings (SSSR count). The van der Waals surface area contributed by atoms with Crippen LogP contribution >= 0.6 is 0 Å². The highest BCUT2D eigenvalue weighted by atomic mass is 16.6. The highest BCUT2D eigenvalue weighted by Gasteiger charge is 2.15. The Labute approximate surface area is 76.0 Å². The standard InChI is InChI=1S/C10H9NO2/c12-10(13-9-6-7-11-9)8-4-2-1-3-5-8/h1-7,9,11H. The third-order valence-corrected chi connectivity index (χ3v) is 1.78. The van der Waals surface area contributed by atoms with E-state index in [1.165, 1.54) is 0 Å². The van der Waals surface area contributed by atoms with Crippen LogP contribution in [0.4, 0.5) is 0 Å². The van der Waals surface area contributed by atoms with Gasteiger partial charge in [-0.2, -0.15) is 0 Å². The molecule has 0 fully saturated rings. The van der Waals surface area contributed by atoms with E-state index in [0.717, 1.165) is 0 Å². The van der Waals surface area contributed by atoms with Crippen molar-refractivity contribution in [2.45, 2.75) is 6.23 Å². The molecule has 1 heterocycles. The molecule has 13 heavy (non-hydrogen) atoms. The quantitative estimate of drug-likeness (QED) is 0.688. The third kappa shape index (κ3) is 1.69. The number of nitrogens with one attached hydrogen (secondary N) is 1. The maximum atomic E-state index is 11.4. The minimum Gasteiger partial charge on any atom is -0.434 e. The van der Waals surface area contributed by atoms with Crippen LogP contribution in [-0.4, -0.2) is 12.2 Å². The first-order chi connectivity index (χ1) is 6.36. The van der Waals surface area contributed by atoms with Gasteiger partial charge in [-0.15, -0.1) is 0 Å². The Bertz CT molecular complexity index is 332. The Hall–Kier alpha value is -1.77. The van der Waals surface area contributed by atoms with E-state index in [-0.39, 0.29) is 12.2 Å². The summed E-state index contributed by atoms with van der Waals surface area (Å²) in [6, 6.07) is 8.93. The average molecular weight is 175 g/mol. The van der Waals surface area contributed by atoms with Gasteiger partial charge in [-0.3, -0.25) is 0 Å². The van der Waals surface area contributed by atoms with Crippen molar-refractivity contribution in [1.29, 1.82) is 0 Å². The van der Waals surface area contributed by atoms with Crippen LogP contribution in [0.5, 0.6) is 0 Å². The van der Waals surface area contributed by atoms with Gasteiger partial charge in [0, 0.05) is 6.20 Å². The third-order valence-electron chi connectivity index (χ3n) is 1.78. The van der Waals surface area contributed by atoms with Crippen LogP contribution in [0.15, 0.2) is 42.6 Å². The lowest BCUT2D eigenvalue weighted by Gasteiger charge is -2.20. The van der Waals surface area contributed by atoms with Crippen LogP contribution in [0.3, 0.4) is 0 Å². The van der Waals surface area contributed by atoms with Crippen molar-refractivity contribution in [2.24, 2.45) is 0 Å². The summed E-state index contributed by atoms with van der Waals surface area (Å²) < 4.78 is 5.04. The summed E-state index contributed by atoms with van der Waals surface area (Å²) in [6.07, 6.45) is 3.26. The highest BCUT2D eigenvalue weighted by Crippen LogP contribution is 2.06. The van der Waals surface area contributed by atoms with Crippen LogP contribution < -0.4 is 5.32 Å². The Kier molecular flexibility index (Phi) is 2.00. The number of benzene rings is 1. The van der Waals surface area contributed by atoms with E-state index >= 15 is 0 Å². The van der Waals surface area contributed by atoms with Gasteiger partial charge < -0.3 is 10.1 Å². The highest BCUT2D eigenvalue weighted by molar-refractivity contribution is 5.89. The molecule has 0 saturated heterocycles. The second-order valence-electron chi connectivity index (χ2n) is 2.72. The first-order valence-corrected chi connectivity index (χ1v) is 4.05. The van der Waals surface area contributed by atoms with Gasteiger partial charge in [-0.05, 0) is 18.2 Å². The number of rotatable bonds is 2. The van der Waals surface area contributed by atoms with Crippen molar-refractivity contribution in [3.8, 4) is 0 Å². The van der Waals surface area contributed by atoms with Crippen molar-refractivity contribution >= 4 is 5.97 Å². The van der Waals surface area contributed by atoms with Crippen LogP contribution in [0.1, 0.15) is 10.4 Å². The number of hydrogen-bond acceptors (Lipinski definition) is 3. The van der Waals surface area contributed by atoms with E-state index in [1.54, 1.807) is 36.5 Å². The zero-order valence-electron chi connectivity index (χ0n) is 6.94. The molecule has 1 N–H and O–H groups in total. The summed E-state index contributed by atoms with van der Waals surface area (Å²) in [5, 5.41) is 2.82. The fourth-order valence-electron chi connectivity index (χ4n) is 1.01. The summed E-state index contributed by atoms with van der Waals surface area (Å²) in [5.41, 5.74) is 0.574. The smallest absolute Gasteiger partial charge is 0.340 e. The summed E-state index contributed by atoms with van der Waals surface area (Å²) >= 11 is 0. The second-order valence-corrected chi connectivity index (χ2v) is 2.72. The van der Waals surface area contributed by atoms with Gasteiger partial charge in [0.25, 0.3) is 0 Å². The Morgan fingerprint density at radius 1 is 1.31 bits per heavy atom. The minimum atomic E-state index is -0.303. The monoisotopic (exact) mass is 175 g/mol. The zero-order chi connectivity index (χ0) is 9.10. The first-order valence-electron chi connectivity index (χ1n) is 4.05. The molecule has 1 unspecified atom stereocenters.